The molecule has 10 rings (SSSR count). The number of carbonyl (C=O) groups is 3. The Bertz CT molecular complexity index is 3020. The smallest absolute Gasteiger partial charge is 0.329 e. The Morgan fingerprint density at radius 2 is 1.70 bits per heavy atom. The van der Waals surface area contributed by atoms with Gasteiger partial charge in [0.25, 0.3) is 5.91 Å². The molecule has 63 heavy (non-hydrogen) atoms. The van der Waals surface area contributed by atoms with Crippen LogP contribution in [0.2, 0.25) is 0 Å². The van der Waals surface area contributed by atoms with E-state index in [9.17, 15) is 19.2 Å². The molecule has 0 spiro atoms. The Labute approximate surface area is 363 Å². The number of ether oxygens (including phenoxy) is 1. The molecule has 3 amide bonds. The van der Waals surface area contributed by atoms with Gasteiger partial charge in [0.1, 0.15) is 18.3 Å². The number of H-pyrrole nitrogens is 1. The van der Waals surface area contributed by atoms with Crippen molar-refractivity contribution in [1.82, 2.24) is 44.0 Å². The van der Waals surface area contributed by atoms with Crippen molar-refractivity contribution in [2.24, 2.45) is 14.1 Å². The molecule has 3 aliphatic rings. The number of aromatic nitrogens is 6. The van der Waals surface area contributed by atoms with E-state index >= 15 is 0 Å². The number of hydrogen-bond acceptors (Lipinski definition) is 8. The van der Waals surface area contributed by atoms with Crippen LogP contribution < -0.4 is 11.0 Å². The quantitative estimate of drug-likeness (QED) is 0.144. The van der Waals surface area contributed by atoms with Crippen LogP contribution in [0.1, 0.15) is 77.7 Å². The molecule has 2 N–H and O–H groups in total. The Balaban J connectivity index is 0.702. The van der Waals surface area contributed by atoms with Crippen molar-refractivity contribution in [3.8, 4) is 23.0 Å². The van der Waals surface area contributed by atoms with Crippen molar-refractivity contribution in [3.05, 3.63) is 118 Å². The van der Waals surface area contributed by atoms with Crippen LogP contribution >= 0.6 is 0 Å². The minimum atomic E-state index is -0.754. The molecule has 3 saturated heterocycles. The molecule has 7 aromatic rings. The highest BCUT2D eigenvalue weighted by Gasteiger charge is 2.32. The molecule has 3 fully saturated rings. The molecular weight excluding hydrogens is 795 g/mol. The number of piperidine rings is 3. The van der Waals surface area contributed by atoms with Gasteiger partial charge in [0.05, 0.1) is 34.4 Å². The van der Waals surface area contributed by atoms with Gasteiger partial charge in [-0.1, -0.05) is 36.1 Å². The highest BCUT2D eigenvalue weighted by atomic mass is 16.5. The number of aryl methyl sites for hydroxylation is 2. The van der Waals surface area contributed by atoms with E-state index in [-0.39, 0.29) is 43.1 Å². The van der Waals surface area contributed by atoms with E-state index < -0.39 is 11.9 Å². The summed E-state index contributed by atoms with van der Waals surface area (Å²) in [6.45, 7) is 4.32. The van der Waals surface area contributed by atoms with Crippen LogP contribution in [-0.2, 0) is 35.0 Å². The van der Waals surface area contributed by atoms with Gasteiger partial charge in [0, 0.05) is 68.4 Å². The first kappa shape index (κ1) is 40.3. The van der Waals surface area contributed by atoms with E-state index in [0.29, 0.717) is 41.2 Å². The number of nitrogens with zero attached hydrogens (tertiary/aromatic N) is 7. The second-order valence-corrected chi connectivity index (χ2v) is 17.1. The fourth-order valence-electron chi connectivity index (χ4n) is 9.80. The van der Waals surface area contributed by atoms with Gasteiger partial charge in [-0.25, -0.2) is 9.78 Å². The second-order valence-electron chi connectivity index (χ2n) is 17.1. The van der Waals surface area contributed by atoms with Gasteiger partial charge < -0.3 is 14.2 Å². The van der Waals surface area contributed by atoms with Crippen molar-refractivity contribution in [2.75, 3.05) is 32.8 Å². The van der Waals surface area contributed by atoms with E-state index in [1.54, 1.807) is 13.1 Å². The van der Waals surface area contributed by atoms with Gasteiger partial charge in [-0.05, 0) is 116 Å². The number of likely N-dealkylation sites (tertiary alicyclic amines) is 2. The highest BCUT2D eigenvalue weighted by Crippen LogP contribution is 2.34. The van der Waals surface area contributed by atoms with Gasteiger partial charge in [-0.3, -0.25) is 38.8 Å². The molecule has 0 radical (unpaired) electrons. The molecule has 3 aliphatic heterocycles. The summed E-state index contributed by atoms with van der Waals surface area (Å²) >= 11 is 0. The van der Waals surface area contributed by atoms with Crippen LogP contribution in [0, 0.1) is 11.8 Å². The maximum absolute atomic E-state index is 13.5. The molecular formula is C49H49N9O5. The summed E-state index contributed by atoms with van der Waals surface area (Å²) in [6.07, 6.45) is 7.78. The number of fused-ring (bicyclic) bond motifs is 3. The third-order valence-electron chi connectivity index (χ3n) is 13.3. The number of rotatable bonds is 8. The standard InChI is InChI=1S/C49H49N9O5/c1-54-37(28-40-39(16-21-50-46(40)54)35-12-13-41-36(27-35)29-51-53-41)30-56-22-17-32(18-23-56)31-8-10-34(11-9-31)48(61)57-24-19-38(20-25-57)63-26-4-6-33-5-3-7-42-45(33)55(2)49(62)58(42)43-14-15-44(59)52-47(43)60/h3,5,7-13,16,21,27-29,32,38,43H,14-15,17-20,22-26,30H2,1-2H3,(H,51,53)(H,52,59,60). The van der Waals surface area contributed by atoms with Gasteiger partial charge in [0.15, 0.2) is 0 Å². The lowest BCUT2D eigenvalue weighted by atomic mass is 9.89. The van der Waals surface area contributed by atoms with Crippen LogP contribution in [0.15, 0.2) is 90.0 Å². The maximum Gasteiger partial charge on any atom is 0.329 e. The van der Waals surface area contributed by atoms with Crippen molar-refractivity contribution in [3.63, 3.8) is 0 Å². The van der Waals surface area contributed by atoms with E-state index in [1.807, 2.05) is 41.6 Å². The number of amides is 3. The number of imidazole rings is 1. The molecule has 0 bridgehead atoms. The van der Waals surface area contributed by atoms with Gasteiger partial charge in [-0.15, -0.1) is 0 Å². The van der Waals surface area contributed by atoms with Crippen molar-refractivity contribution < 1.29 is 19.1 Å². The minimum absolute atomic E-state index is 0.0104. The molecule has 4 aromatic heterocycles. The number of hydrogen-bond donors (Lipinski definition) is 2. The fourth-order valence-corrected chi connectivity index (χ4v) is 9.80. The fraction of sp³-hybridized carbons (Fsp3) is 0.347. The van der Waals surface area contributed by atoms with Crippen LogP contribution in [0.4, 0.5) is 0 Å². The molecule has 3 aromatic carbocycles. The molecule has 1 atom stereocenters. The number of para-hydroxylation sites is 1. The first-order valence-corrected chi connectivity index (χ1v) is 21.8. The number of pyridine rings is 1. The summed E-state index contributed by atoms with van der Waals surface area (Å²) in [4.78, 5) is 60.3. The van der Waals surface area contributed by atoms with Gasteiger partial charge in [0.2, 0.25) is 11.8 Å². The minimum Gasteiger partial charge on any atom is -0.365 e. The van der Waals surface area contributed by atoms with Gasteiger partial charge in [-0.2, -0.15) is 5.10 Å². The molecule has 14 nitrogen and oxygen atoms in total. The monoisotopic (exact) mass is 843 g/mol. The van der Waals surface area contributed by atoms with E-state index in [0.717, 1.165) is 72.8 Å². The topological polar surface area (TPSA) is 152 Å². The van der Waals surface area contributed by atoms with E-state index in [4.69, 9.17) is 9.72 Å². The first-order valence-electron chi connectivity index (χ1n) is 21.8. The average Bonchev–Trinajstić information content (AvgIpc) is 3.99. The predicted octanol–water partition coefficient (Wildman–Crippen LogP) is 5.80. The lowest BCUT2D eigenvalue weighted by Crippen LogP contribution is -2.44. The molecule has 14 heteroatoms. The number of aromatic amines is 1. The third-order valence-corrected chi connectivity index (χ3v) is 13.3. The molecule has 320 valence electrons. The third kappa shape index (κ3) is 7.72. The largest absolute Gasteiger partial charge is 0.365 e. The van der Waals surface area contributed by atoms with Crippen LogP contribution in [-0.4, -0.2) is 95.3 Å². The zero-order chi connectivity index (χ0) is 43.2. The lowest BCUT2D eigenvalue weighted by Gasteiger charge is -2.33. The van der Waals surface area contributed by atoms with E-state index in [2.05, 4.69) is 86.3 Å². The van der Waals surface area contributed by atoms with Crippen molar-refractivity contribution >= 4 is 50.7 Å². The summed E-state index contributed by atoms with van der Waals surface area (Å²) in [5, 5.41) is 11.8. The molecule has 0 saturated carbocycles. The molecule has 1 unspecified atom stereocenters. The second kappa shape index (κ2) is 16.8. The first-order chi connectivity index (χ1) is 30.7. The van der Waals surface area contributed by atoms with Crippen molar-refractivity contribution in [2.45, 2.75) is 63.1 Å². The zero-order valence-corrected chi connectivity index (χ0v) is 35.5. The highest BCUT2D eigenvalue weighted by molar-refractivity contribution is 6.00. The number of benzene rings is 3. The Kier molecular flexibility index (Phi) is 10.7. The normalized spacial score (nSPS) is 18.0. The summed E-state index contributed by atoms with van der Waals surface area (Å²) in [6, 6.07) is 23.8. The Morgan fingerprint density at radius 1 is 0.889 bits per heavy atom. The maximum atomic E-state index is 13.5. The summed E-state index contributed by atoms with van der Waals surface area (Å²) < 4.78 is 11.3. The number of carbonyl (C=O) groups excluding carboxylic acids is 3. The van der Waals surface area contributed by atoms with Crippen molar-refractivity contribution in [1.29, 1.82) is 0 Å². The predicted molar refractivity (Wildman–Crippen MR) is 240 cm³/mol. The van der Waals surface area contributed by atoms with E-state index in [1.165, 1.54) is 26.0 Å². The summed E-state index contributed by atoms with van der Waals surface area (Å²) in [5.41, 5.74) is 9.15. The summed E-state index contributed by atoms with van der Waals surface area (Å²) in [5.74, 6) is 5.97. The SMILES string of the molecule is Cn1c(CN2CCC(c3ccc(C(=O)N4CCC(OCC#Cc5cccc6c5n(C)c(=O)n6C5CCC(=O)NC5=O)CC4)cc3)CC2)cc2c(-c3ccc4[nH]ncc4c3)ccnc21. The average molecular weight is 844 g/mol. The van der Waals surface area contributed by atoms with Crippen LogP contribution in [0.3, 0.4) is 0 Å². The lowest BCUT2D eigenvalue weighted by molar-refractivity contribution is -0.135. The summed E-state index contributed by atoms with van der Waals surface area (Å²) in [7, 11) is 3.77. The van der Waals surface area contributed by atoms with Crippen LogP contribution in [0.5, 0.6) is 0 Å². The number of imide groups is 1. The zero-order valence-electron chi connectivity index (χ0n) is 35.5. The molecule has 7 heterocycles. The van der Waals surface area contributed by atoms with Crippen LogP contribution in [0.25, 0.3) is 44.1 Å². The molecule has 0 aliphatic carbocycles. The van der Waals surface area contributed by atoms with Gasteiger partial charge >= 0.3 is 5.69 Å². The Morgan fingerprint density at radius 3 is 2.49 bits per heavy atom. The number of nitrogens with one attached hydrogen (secondary N) is 2. The Hall–Kier alpha value is -6.82.